The fraction of sp³-hybridized carbons (Fsp3) is 0.538. The molecule has 2 rings (SSSR count). The van der Waals surface area contributed by atoms with Crippen LogP contribution < -0.4 is 10.6 Å². The third-order valence-corrected chi connectivity index (χ3v) is 3.43. The fourth-order valence-corrected chi connectivity index (χ4v) is 2.26. The zero-order valence-corrected chi connectivity index (χ0v) is 10.5. The van der Waals surface area contributed by atoms with Gasteiger partial charge >= 0.3 is 0 Å². The van der Waals surface area contributed by atoms with Crippen LogP contribution in [0.1, 0.15) is 26.2 Å². The summed E-state index contributed by atoms with van der Waals surface area (Å²) in [5.74, 6) is 0.693. The van der Waals surface area contributed by atoms with E-state index in [0.29, 0.717) is 5.92 Å². The molecule has 0 spiro atoms. The molecule has 1 aliphatic heterocycles. The lowest BCUT2D eigenvalue weighted by molar-refractivity contribution is -0.119. The van der Waals surface area contributed by atoms with Gasteiger partial charge in [0.05, 0.1) is 6.04 Å². The fourth-order valence-electron chi connectivity index (χ4n) is 2.26. The van der Waals surface area contributed by atoms with Gasteiger partial charge in [-0.25, -0.2) is 4.98 Å². The number of nitrogens with one attached hydrogen (secondary N) is 2. The van der Waals surface area contributed by atoms with Gasteiger partial charge in [0.15, 0.2) is 11.6 Å². The molecule has 0 saturated carbocycles. The van der Waals surface area contributed by atoms with Gasteiger partial charge in [0.25, 0.3) is 0 Å². The Bertz CT molecular complexity index is 422. The Morgan fingerprint density at radius 2 is 2.50 bits per heavy atom. The zero-order chi connectivity index (χ0) is 13.0. The van der Waals surface area contributed by atoms with Crippen LogP contribution in [0.3, 0.4) is 0 Å². The summed E-state index contributed by atoms with van der Waals surface area (Å²) >= 11 is 0. The number of hydrogen-bond donors (Lipinski definition) is 3. The van der Waals surface area contributed by atoms with Crippen molar-refractivity contribution in [3.8, 4) is 5.75 Å². The maximum absolute atomic E-state index is 12.1. The van der Waals surface area contributed by atoms with E-state index >= 15 is 0 Å². The summed E-state index contributed by atoms with van der Waals surface area (Å²) in [6, 6.07) is 2.94. The van der Waals surface area contributed by atoms with E-state index < -0.39 is 0 Å². The maximum atomic E-state index is 12.1. The smallest absolute Gasteiger partial charge is 0.242 e. The van der Waals surface area contributed by atoms with E-state index in [1.165, 1.54) is 6.07 Å². The molecule has 1 saturated heterocycles. The summed E-state index contributed by atoms with van der Waals surface area (Å²) in [6.45, 7) is 3.01. The normalized spacial score (nSPS) is 23.6. The predicted octanol–water partition coefficient (Wildman–Crippen LogP) is 1.50. The first kappa shape index (κ1) is 12.8. The highest BCUT2D eigenvalue weighted by molar-refractivity contribution is 5.95. The topological polar surface area (TPSA) is 74.2 Å². The summed E-state index contributed by atoms with van der Waals surface area (Å²) in [4.78, 5) is 16.0. The van der Waals surface area contributed by atoms with E-state index in [-0.39, 0.29) is 23.5 Å². The average molecular weight is 249 g/mol. The Morgan fingerprint density at radius 3 is 3.22 bits per heavy atom. The predicted molar refractivity (Wildman–Crippen MR) is 69.3 cm³/mol. The highest BCUT2D eigenvalue weighted by Crippen LogP contribution is 2.22. The lowest BCUT2D eigenvalue weighted by Crippen LogP contribution is -2.46. The Labute approximate surface area is 107 Å². The van der Waals surface area contributed by atoms with Crippen molar-refractivity contribution in [2.45, 2.75) is 32.2 Å². The van der Waals surface area contributed by atoms with Crippen LogP contribution in [0.25, 0.3) is 0 Å². The molecule has 18 heavy (non-hydrogen) atoms. The number of carbonyl (C=O) groups is 1. The van der Waals surface area contributed by atoms with Crippen LogP contribution in [-0.2, 0) is 4.79 Å². The van der Waals surface area contributed by atoms with Crippen molar-refractivity contribution >= 4 is 11.7 Å². The molecule has 0 aliphatic carbocycles. The van der Waals surface area contributed by atoms with Crippen molar-refractivity contribution in [3.05, 3.63) is 18.3 Å². The van der Waals surface area contributed by atoms with Crippen molar-refractivity contribution in [1.82, 2.24) is 10.3 Å². The first-order chi connectivity index (χ1) is 8.70. The summed E-state index contributed by atoms with van der Waals surface area (Å²) in [5, 5.41) is 15.4. The molecule has 1 aliphatic rings. The zero-order valence-electron chi connectivity index (χ0n) is 10.5. The summed E-state index contributed by atoms with van der Waals surface area (Å²) in [7, 11) is 0. The highest BCUT2D eigenvalue weighted by atomic mass is 16.3. The molecule has 5 nitrogen and oxygen atoms in total. The maximum Gasteiger partial charge on any atom is 0.242 e. The molecule has 0 radical (unpaired) electrons. The number of carbonyl (C=O) groups excluding carboxylic acids is 1. The third-order valence-electron chi connectivity index (χ3n) is 3.43. The van der Waals surface area contributed by atoms with Crippen LogP contribution in [0.4, 0.5) is 5.82 Å². The minimum atomic E-state index is -0.190. The van der Waals surface area contributed by atoms with Gasteiger partial charge in [0, 0.05) is 6.20 Å². The van der Waals surface area contributed by atoms with Gasteiger partial charge < -0.3 is 15.7 Å². The van der Waals surface area contributed by atoms with Gasteiger partial charge in [0.2, 0.25) is 5.91 Å². The first-order valence-electron chi connectivity index (χ1n) is 6.39. The molecule has 5 heteroatoms. The van der Waals surface area contributed by atoms with E-state index in [4.69, 9.17) is 0 Å². The molecule has 2 heterocycles. The highest BCUT2D eigenvalue weighted by Gasteiger charge is 2.26. The van der Waals surface area contributed by atoms with Crippen LogP contribution in [0, 0.1) is 5.92 Å². The molecule has 3 N–H and O–H groups in total. The molecular formula is C13H19N3O2. The number of pyridine rings is 1. The minimum absolute atomic E-state index is 0.00583. The van der Waals surface area contributed by atoms with Gasteiger partial charge in [-0.2, -0.15) is 0 Å². The Balaban J connectivity index is 1.97. The molecule has 98 valence electrons. The lowest BCUT2D eigenvalue weighted by Gasteiger charge is -2.28. The van der Waals surface area contributed by atoms with Gasteiger partial charge in [0.1, 0.15) is 0 Å². The number of nitrogens with zero attached hydrogens (tertiary/aromatic N) is 1. The van der Waals surface area contributed by atoms with Crippen LogP contribution in [0.5, 0.6) is 5.75 Å². The Kier molecular flexibility index (Phi) is 4.15. The molecule has 1 aromatic rings. The monoisotopic (exact) mass is 249 g/mol. The third kappa shape index (κ3) is 2.98. The molecule has 2 unspecified atom stereocenters. The number of anilines is 1. The van der Waals surface area contributed by atoms with Crippen molar-refractivity contribution < 1.29 is 9.90 Å². The second-order valence-electron chi connectivity index (χ2n) is 4.67. The molecule has 1 fully saturated rings. The number of rotatable bonds is 3. The van der Waals surface area contributed by atoms with Crippen molar-refractivity contribution in [3.63, 3.8) is 0 Å². The quantitative estimate of drug-likeness (QED) is 0.759. The minimum Gasteiger partial charge on any atom is -0.504 e. The first-order valence-corrected chi connectivity index (χ1v) is 6.39. The summed E-state index contributed by atoms with van der Waals surface area (Å²) in [5.41, 5.74) is 0. The number of aromatic nitrogens is 1. The summed E-state index contributed by atoms with van der Waals surface area (Å²) < 4.78 is 0. The van der Waals surface area contributed by atoms with E-state index in [1.807, 2.05) is 0 Å². The second kappa shape index (κ2) is 5.82. The van der Waals surface area contributed by atoms with Crippen LogP contribution in [0.2, 0.25) is 0 Å². The molecule has 0 aromatic carbocycles. The number of amides is 1. The van der Waals surface area contributed by atoms with Gasteiger partial charge in [-0.05, 0) is 37.4 Å². The van der Waals surface area contributed by atoms with E-state index in [0.717, 1.165) is 25.8 Å². The molecular weight excluding hydrogens is 230 g/mol. The SMILES string of the molecule is CCC1CCNC(C(=O)Nc2ncccc2O)C1. The number of aromatic hydroxyl groups is 1. The summed E-state index contributed by atoms with van der Waals surface area (Å²) in [6.07, 6.45) is 4.60. The van der Waals surface area contributed by atoms with E-state index in [9.17, 15) is 9.90 Å². The Morgan fingerprint density at radius 1 is 1.67 bits per heavy atom. The van der Waals surface area contributed by atoms with Gasteiger partial charge in [-0.3, -0.25) is 4.79 Å². The van der Waals surface area contributed by atoms with Crippen molar-refractivity contribution in [1.29, 1.82) is 0 Å². The molecule has 1 aromatic heterocycles. The molecule has 2 atom stereocenters. The van der Waals surface area contributed by atoms with Crippen LogP contribution >= 0.6 is 0 Å². The van der Waals surface area contributed by atoms with Crippen LogP contribution in [-0.4, -0.2) is 28.6 Å². The second-order valence-corrected chi connectivity index (χ2v) is 4.67. The largest absolute Gasteiger partial charge is 0.504 e. The van der Waals surface area contributed by atoms with Crippen LogP contribution in [0.15, 0.2) is 18.3 Å². The average Bonchev–Trinajstić information content (AvgIpc) is 2.41. The van der Waals surface area contributed by atoms with E-state index in [2.05, 4.69) is 22.5 Å². The molecule has 1 amide bonds. The van der Waals surface area contributed by atoms with Crippen molar-refractivity contribution in [2.24, 2.45) is 5.92 Å². The number of piperidine rings is 1. The van der Waals surface area contributed by atoms with E-state index in [1.54, 1.807) is 12.3 Å². The number of hydrogen-bond acceptors (Lipinski definition) is 4. The Hall–Kier alpha value is -1.62. The standard InChI is InChI=1S/C13H19N3O2/c1-2-9-5-7-14-10(8-9)13(18)16-12-11(17)4-3-6-15-12/h3-4,6,9-10,14,17H,2,5,7-8H2,1H3,(H,15,16,18). The molecule has 0 bridgehead atoms. The van der Waals surface area contributed by atoms with Crippen molar-refractivity contribution in [2.75, 3.05) is 11.9 Å². The lowest BCUT2D eigenvalue weighted by atomic mass is 9.90. The van der Waals surface area contributed by atoms with Gasteiger partial charge in [-0.1, -0.05) is 13.3 Å². The van der Waals surface area contributed by atoms with Gasteiger partial charge in [-0.15, -0.1) is 0 Å².